The fourth-order valence-electron chi connectivity index (χ4n) is 2.04. The molecule has 18 heavy (non-hydrogen) atoms. The number of para-hydroxylation sites is 1. The molecule has 3 unspecified atom stereocenters. The number of hydrogen-bond donors (Lipinski definition) is 3. The van der Waals surface area contributed by atoms with Crippen molar-refractivity contribution in [2.24, 2.45) is 5.73 Å². The van der Waals surface area contributed by atoms with Crippen LogP contribution in [0.4, 0.5) is 0 Å². The number of rotatable bonds is 6. The average Bonchev–Trinajstić information content (AvgIpc) is 2.37. The maximum atomic E-state index is 10.0. The van der Waals surface area contributed by atoms with Gasteiger partial charge in [0.15, 0.2) is 11.5 Å². The minimum absolute atomic E-state index is 0.0210. The van der Waals surface area contributed by atoms with Gasteiger partial charge in [-0.05, 0) is 24.8 Å². The second-order valence-corrected chi connectivity index (χ2v) is 4.67. The molecule has 0 fully saturated rings. The molecular weight excluding hydrogens is 230 g/mol. The van der Waals surface area contributed by atoms with Crippen molar-refractivity contribution in [2.75, 3.05) is 7.11 Å². The zero-order chi connectivity index (χ0) is 13.7. The Labute approximate surface area is 108 Å². The van der Waals surface area contributed by atoms with Crippen LogP contribution in [0, 0.1) is 0 Å². The van der Waals surface area contributed by atoms with E-state index in [-0.39, 0.29) is 17.7 Å². The first kappa shape index (κ1) is 14.8. The van der Waals surface area contributed by atoms with Gasteiger partial charge in [-0.25, -0.2) is 0 Å². The Balaban J connectivity index is 2.81. The van der Waals surface area contributed by atoms with E-state index >= 15 is 0 Å². The smallest absolute Gasteiger partial charge is 0.161 e. The molecule has 0 spiro atoms. The predicted molar refractivity (Wildman–Crippen MR) is 72.0 cm³/mol. The molecule has 1 aromatic carbocycles. The standard InChI is InChI=1S/C14H23NO3/c1-4-11(15)12(16)8-9(2)10-6-5-7-13(18-3)14(10)17/h5-7,9,11-12,16-17H,4,8,15H2,1-3H3. The first-order valence-corrected chi connectivity index (χ1v) is 6.30. The Hall–Kier alpha value is -1.26. The highest BCUT2D eigenvalue weighted by molar-refractivity contribution is 5.46. The summed E-state index contributed by atoms with van der Waals surface area (Å²) in [5.74, 6) is 0.617. The van der Waals surface area contributed by atoms with Crippen molar-refractivity contribution in [1.82, 2.24) is 0 Å². The average molecular weight is 253 g/mol. The summed E-state index contributed by atoms with van der Waals surface area (Å²) in [7, 11) is 1.52. The number of aliphatic hydroxyl groups excluding tert-OH is 1. The Morgan fingerprint density at radius 1 is 1.39 bits per heavy atom. The number of benzene rings is 1. The molecule has 1 rings (SSSR count). The van der Waals surface area contributed by atoms with Crippen LogP contribution >= 0.6 is 0 Å². The molecule has 102 valence electrons. The van der Waals surface area contributed by atoms with E-state index in [2.05, 4.69) is 0 Å². The lowest BCUT2D eigenvalue weighted by Crippen LogP contribution is -2.34. The van der Waals surface area contributed by atoms with Gasteiger partial charge in [0.05, 0.1) is 13.2 Å². The third-order valence-corrected chi connectivity index (χ3v) is 3.34. The number of aliphatic hydroxyl groups is 1. The van der Waals surface area contributed by atoms with E-state index in [4.69, 9.17) is 10.5 Å². The Bertz CT molecular complexity index is 381. The summed E-state index contributed by atoms with van der Waals surface area (Å²) in [4.78, 5) is 0. The summed E-state index contributed by atoms with van der Waals surface area (Å²) in [6.07, 6.45) is 0.698. The molecule has 0 aliphatic heterocycles. The van der Waals surface area contributed by atoms with E-state index in [9.17, 15) is 10.2 Å². The first-order chi connectivity index (χ1) is 8.51. The van der Waals surface area contributed by atoms with Crippen molar-refractivity contribution < 1.29 is 14.9 Å². The molecule has 0 amide bonds. The zero-order valence-electron chi connectivity index (χ0n) is 11.3. The van der Waals surface area contributed by atoms with Crippen molar-refractivity contribution in [3.63, 3.8) is 0 Å². The minimum atomic E-state index is -0.560. The number of nitrogens with two attached hydrogens (primary N) is 1. The van der Waals surface area contributed by atoms with E-state index in [1.165, 1.54) is 7.11 Å². The van der Waals surface area contributed by atoms with Crippen molar-refractivity contribution in [1.29, 1.82) is 0 Å². The highest BCUT2D eigenvalue weighted by atomic mass is 16.5. The van der Waals surface area contributed by atoms with E-state index in [0.717, 1.165) is 12.0 Å². The van der Waals surface area contributed by atoms with Gasteiger partial charge in [0.2, 0.25) is 0 Å². The van der Waals surface area contributed by atoms with E-state index < -0.39 is 6.10 Å². The maximum Gasteiger partial charge on any atom is 0.161 e. The lowest BCUT2D eigenvalue weighted by Gasteiger charge is -2.22. The van der Waals surface area contributed by atoms with Crippen LogP contribution in [-0.4, -0.2) is 29.5 Å². The summed E-state index contributed by atoms with van der Waals surface area (Å²) in [6, 6.07) is 5.16. The molecule has 0 saturated heterocycles. The largest absolute Gasteiger partial charge is 0.504 e. The summed E-state index contributed by atoms with van der Waals surface area (Å²) in [6.45, 7) is 3.90. The van der Waals surface area contributed by atoms with Crippen LogP contribution in [-0.2, 0) is 0 Å². The van der Waals surface area contributed by atoms with Crippen molar-refractivity contribution in [3.05, 3.63) is 23.8 Å². The Kier molecular flexibility index (Phi) is 5.44. The SMILES string of the molecule is CCC(N)C(O)CC(C)c1cccc(OC)c1O. The number of hydrogen-bond acceptors (Lipinski definition) is 4. The fraction of sp³-hybridized carbons (Fsp3) is 0.571. The normalized spacial score (nSPS) is 16.1. The van der Waals surface area contributed by atoms with Crippen LogP contribution in [0.3, 0.4) is 0 Å². The predicted octanol–water partition coefficient (Wildman–Crippen LogP) is 1.99. The number of aromatic hydroxyl groups is 1. The second kappa shape index (κ2) is 6.61. The van der Waals surface area contributed by atoms with Gasteiger partial charge in [0.1, 0.15) is 0 Å². The molecule has 0 radical (unpaired) electrons. The summed E-state index contributed by atoms with van der Waals surface area (Å²) in [5, 5.41) is 20.0. The molecule has 4 heteroatoms. The number of methoxy groups -OCH3 is 1. The van der Waals surface area contributed by atoms with Crippen molar-refractivity contribution in [2.45, 2.75) is 44.8 Å². The van der Waals surface area contributed by atoms with Gasteiger partial charge in [0, 0.05) is 11.6 Å². The maximum absolute atomic E-state index is 10.0. The Morgan fingerprint density at radius 3 is 2.61 bits per heavy atom. The molecule has 0 heterocycles. The Morgan fingerprint density at radius 2 is 2.06 bits per heavy atom. The molecule has 4 N–H and O–H groups in total. The van der Waals surface area contributed by atoms with Crippen LogP contribution in [0.25, 0.3) is 0 Å². The van der Waals surface area contributed by atoms with Crippen molar-refractivity contribution in [3.8, 4) is 11.5 Å². The van der Waals surface area contributed by atoms with Gasteiger partial charge in [-0.1, -0.05) is 26.0 Å². The highest BCUT2D eigenvalue weighted by Crippen LogP contribution is 2.36. The van der Waals surface area contributed by atoms with Crippen LogP contribution in [0.2, 0.25) is 0 Å². The summed E-state index contributed by atoms with van der Waals surface area (Å²) >= 11 is 0. The first-order valence-electron chi connectivity index (χ1n) is 6.30. The van der Waals surface area contributed by atoms with Gasteiger partial charge < -0.3 is 20.7 Å². The summed E-state index contributed by atoms with van der Waals surface area (Å²) < 4.78 is 5.07. The molecule has 3 atom stereocenters. The number of ether oxygens (including phenoxy) is 1. The van der Waals surface area contributed by atoms with Gasteiger partial charge >= 0.3 is 0 Å². The monoisotopic (exact) mass is 253 g/mol. The molecule has 0 aromatic heterocycles. The lowest BCUT2D eigenvalue weighted by molar-refractivity contribution is 0.126. The molecule has 4 nitrogen and oxygen atoms in total. The van der Waals surface area contributed by atoms with Gasteiger partial charge in [-0.15, -0.1) is 0 Å². The van der Waals surface area contributed by atoms with Gasteiger partial charge in [-0.2, -0.15) is 0 Å². The lowest BCUT2D eigenvalue weighted by atomic mass is 9.91. The molecule has 0 aliphatic carbocycles. The number of phenols is 1. The zero-order valence-corrected chi connectivity index (χ0v) is 11.3. The van der Waals surface area contributed by atoms with Gasteiger partial charge in [0.25, 0.3) is 0 Å². The molecule has 0 saturated carbocycles. The van der Waals surface area contributed by atoms with E-state index in [1.54, 1.807) is 6.07 Å². The molecule has 1 aromatic rings. The fourth-order valence-corrected chi connectivity index (χ4v) is 2.04. The summed E-state index contributed by atoms with van der Waals surface area (Å²) in [5.41, 5.74) is 6.57. The molecular formula is C14H23NO3. The van der Waals surface area contributed by atoms with E-state index in [1.807, 2.05) is 26.0 Å². The van der Waals surface area contributed by atoms with Crippen molar-refractivity contribution >= 4 is 0 Å². The third-order valence-electron chi connectivity index (χ3n) is 3.34. The van der Waals surface area contributed by atoms with Crippen LogP contribution in [0.5, 0.6) is 11.5 Å². The highest BCUT2D eigenvalue weighted by Gasteiger charge is 2.20. The third kappa shape index (κ3) is 3.37. The molecule has 0 aliphatic rings. The second-order valence-electron chi connectivity index (χ2n) is 4.67. The number of phenolic OH excluding ortho intramolecular Hbond substituents is 1. The van der Waals surface area contributed by atoms with Gasteiger partial charge in [-0.3, -0.25) is 0 Å². The quantitative estimate of drug-likeness (QED) is 0.724. The topological polar surface area (TPSA) is 75.7 Å². The van der Waals surface area contributed by atoms with E-state index in [0.29, 0.717) is 12.2 Å². The molecule has 0 bridgehead atoms. The minimum Gasteiger partial charge on any atom is -0.504 e. The van der Waals surface area contributed by atoms with Crippen LogP contribution in [0.15, 0.2) is 18.2 Å². The van der Waals surface area contributed by atoms with Crippen LogP contribution in [0.1, 0.15) is 38.2 Å². The van der Waals surface area contributed by atoms with Crippen LogP contribution < -0.4 is 10.5 Å².